The zero-order chi connectivity index (χ0) is 16.3. The van der Waals surface area contributed by atoms with Crippen molar-refractivity contribution in [3.05, 3.63) is 42.0 Å². The summed E-state index contributed by atoms with van der Waals surface area (Å²) in [6.45, 7) is 4.08. The number of rotatable bonds is 5. The highest BCUT2D eigenvalue weighted by Crippen LogP contribution is 2.30. The Morgan fingerprint density at radius 2 is 1.71 bits per heavy atom. The molecule has 0 atom stereocenters. The van der Waals surface area contributed by atoms with Crippen molar-refractivity contribution in [3.8, 4) is 0 Å². The lowest BCUT2D eigenvalue weighted by atomic mass is 10.2. The Morgan fingerprint density at radius 1 is 1.19 bits per heavy atom. The third-order valence-corrected chi connectivity index (χ3v) is 6.03. The largest absolute Gasteiger partial charge is 0.522 e. The van der Waals surface area contributed by atoms with Gasteiger partial charge in [-0.3, -0.25) is 3.87 Å². The molecule has 0 unspecified atom stereocenters. The molecule has 0 saturated heterocycles. The minimum absolute atomic E-state index is 0.268. The van der Waals surface area contributed by atoms with Crippen LogP contribution in [0.5, 0.6) is 0 Å². The number of halogens is 3. The van der Waals surface area contributed by atoms with E-state index in [1.54, 1.807) is 37.3 Å². The predicted molar refractivity (Wildman–Crippen MR) is 74.7 cm³/mol. The first-order valence-corrected chi connectivity index (χ1v) is 10.1. The van der Waals surface area contributed by atoms with Crippen LogP contribution in [0.25, 0.3) is 5.76 Å². The minimum Gasteiger partial charge on any atom is -0.520 e. The molecule has 0 radical (unpaired) electrons. The standard InChI is InChI=1S/C12H15F3O4SSi/c1-4-11(10-8-6-5-7-9-10)18-21(2,3)19-20(16,17)12(13,14)15/h4-9H,1-3H3/b11-4+. The quantitative estimate of drug-likeness (QED) is 0.467. The first-order valence-electron chi connectivity index (χ1n) is 5.91. The van der Waals surface area contributed by atoms with Crippen molar-refractivity contribution in [2.75, 3.05) is 0 Å². The van der Waals surface area contributed by atoms with Gasteiger partial charge in [0.1, 0.15) is 5.76 Å². The molecule has 0 aliphatic carbocycles. The molecule has 1 rings (SSSR count). The third-order valence-electron chi connectivity index (χ3n) is 2.27. The second kappa shape index (κ2) is 6.20. The summed E-state index contributed by atoms with van der Waals surface area (Å²) in [4.78, 5) is 0. The van der Waals surface area contributed by atoms with Crippen LogP contribution in [0.15, 0.2) is 36.4 Å². The van der Waals surface area contributed by atoms with Crippen LogP contribution in [0.4, 0.5) is 13.2 Å². The summed E-state index contributed by atoms with van der Waals surface area (Å²) in [5.41, 5.74) is -4.85. The van der Waals surface area contributed by atoms with Gasteiger partial charge in [-0.25, -0.2) is 0 Å². The first kappa shape index (κ1) is 17.7. The van der Waals surface area contributed by atoms with E-state index < -0.39 is 24.2 Å². The van der Waals surface area contributed by atoms with E-state index in [1.807, 2.05) is 0 Å². The topological polar surface area (TPSA) is 52.6 Å². The number of allylic oxidation sites excluding steroid dienone is 1. The number of hydrogen-bond donors (Lipinski definition) is 0. The van der Waals surface area contributed by atoms with Crippen LogP contribution in [0, 0.1) is 0 Å². The Bertz CT molecular complexity index is 609. The zero-order valence-corrected chi connectivity index (χ0v) is 13.5. The summed E-state index contributed by atoms with van der Waals surface area (Å²) in [5.74, 6) is 0.268. The SMILES string of the molecule is C/C=C(/O[Si](C)(C)OS(=O)(=O)C(F)(F)F)c1ccccc1. The van der Waals surface area contributed by atoms with Gasteiger partial charge in [0.25, 0.3) is 0 Å². The van der Waals surface area contributed by atoms with Crippen LogP contribution in [0.2, 0.25) is 13.1 Å². The molecule has 0 aromatic heterocycles. The maximum atomic E-state index is 12.3. The van der Waals surface area contributed by atoms with Gasteiger partial charge in [0.2, 0.25) is 0 Å². The van der Waals surface area contributed by atoms with Crippen molar-refractivity contribution >= 4 is 24.4 Å². The normalized spacial score (nSPS) is 14.1. The summed E-state index contributed by atoms with van der Waals surface area (Å²) < 4.78 is 68.8. The molecule has 1 aromatic carbocycles. The average molecular weight is 340 g/mol. The fraction of sp³-hybridized carbons (Fsp3) is 0.333. The highest BCUT2D eigenvalue weighted by Gasteiger charge is 2.51. The Hall–Kier alpha value is -1.32. The van der Waals surface area contributed by atoms with Gasteiger partial charge in [-0.15, -0.1) is 0 Å². The first-order chi connectivity index (χ1) is 9.48. The summed E-state index contributed by atoms with van der Waals surface area (Å²) in [7, 11) is -9.27. The van der Waals surface area contributed by atoms with Gasteiger partial charge in [-0.1, -0.05) is 30.3 Å². The molecule has 0 aliphatic rings. The van der Waals surface area contributed by atoms with E-state index in [1.165, 1.54) is 19.2 Å². The fourth-order valence-corrected chi connectivity index (χ4v) is 4.87. The number of benzene rings is 1. The Labute approximate surface area is 122 Å². The van der Waals surface area contributed by atoms with Gasteiger partial charge in [0, 0.05) is 5.56 Å². The summed E-state index contributed by atoms with van der Waals surface area (Å²) in [6, 6.07) is 8.61. The van der Waals surface area contributed by atoms with E-state index in [2.05, 4.69) is 3.87 Å². The fourth-order valence-electron chi connectivity index (χ4n) is 1.48. The molecule has 0 N–H and O–H groups in total. The van der Waals surface area contributed by atoms with Crippen molar-refractivity contribution in [1.82, 2.24) is 0 Å². The van der Waals surface area contributed by atoms with Gasteiger partial charge in [0.15, 0.2) is 0 Å². The van der Waals surface area contributed by atoms with E-state index in [4.69, 9.17) is 4.43 Å². The molecule has 0 amide bonds. The van der Waals surface area contributed by atoms with Crippen LogP contribution in [0.1, 0.15) is 12.5 Å². The van der Waals surface area contributed by atoms with Crippen LogP contribution in [-0.4, -0.2) is 22.5 Å². The molecule has 0 bridgehead atoms. The molecule has 4 nitrogen and oxygen atoms in total. The average Bonchev–Trinajstić information content (AvgIpc) is 2.34. The van der Waals surface area contributed by atoms with Gasteiger partial charge in [-0.2, -0.15) is 21.6 Å². The lowest BCUT2D eigenvalue weighted by Crippen LogP contribution is -2.41. The lowest BCUT2D eigenvalue weighted by Gasteiger charge is -2.25. The van der Waals surface area contributed by atoms with Gasteiger partial charge < -0.3 is 4.43 Å². The molecule has 0 aliphatic heterocycles. The van der Waals surface area contributed by atoms with E-state index in [0.717, 1.165) is 0 Å². The Balaban J connectivity index is 2.95. The Kier molecular flexibility index (Phi) is 5.24. The molecule has 0 fully saturated rings. The second-order valence-corrected chi connectivity index (χ2v) is 9.55. The van der Waals surface area contributed by atoms with Crippen molar-refractivity contribution in [1.29, 1.82) is 0 Å². The molecule has 9 heteroatoms. The summed E-state index contributed by atoms with van der Waals surface area (Å²) >= 11 is 0. The Morgan fingerprint density at radius 3 is 2.14 bits per heavy atom. The van der Waals surface area contributed by atoms with Crippen LogP contribution < -0.4 is 0 Å². The third kappa shape index (κ3) is 4.86. The van der Waals surface area contributed by atoms with Crippen LogP contribution in [0.3, 0.4) is 0 Å². The van der Waals surface area contributed by atoms with Crippen molar-refractivity contribution < 1.29 is 29.9 Å². The minimum atomic E-state index is -5.68. The van der Waals surface area contributed by atoms with Crippen molar-refractivity contribution in [2.45, 2.75) is 25.5 Å². The molecular formula is C12H15F3O4SSi. The highest BCUT2D eigenvalue weighted by molar-refractivity contribution is 7.88. The number of hydrogen-bond acceptors (Lipinski definition) is 4. The van der Waals surface area contributed by atoms with Crippen molar-refractivity contribution in [2.24, 2.45) is 0 Å². The molecule has 0 heterocycles. The zero-order valence-electron chi connectivity index (χ0n) is 11.6. The maximum Gasteiger partial charge on any atom is 0.522 e. The van der Waals surface area contributed by atoms with E-state index >= 15 is 0 Å². The van der Waals surface area contributed by atoms with Gasteiger partial charge in [0.05, 0.1) is 0 Å². The van der Waals surface area contributed by atoms with Crippen LogP contribution in [-0.2, 0) is 18.4 Å². The molecular weight excluding hydrogens is 325 g/mol. The van der Waals surface area contributed by atoms with Gasteiger partial charge >= 0.3 is 24.2 Å². The molecule has 0 spiro atoms. The monoisotopic (exact) mass is 340 g/mol. The molecule has 21 heavy (non-hydrogen) atoms. The molecule has 0 saturated carbocycles. The maximum absolute atomic E-state index is 12.3. The van der Waals surface area contributed by atoms with Gasteiger partial charge in [-0.05, 0) is 26.1 Å². The lowest BCUT2D eigenvalue weighted by molar-refractivity contribution is -0.0509. The summed E-state index contributed by atoms with van der Waals surface area (Å²) in [5, 5.41) is 0. The highest BCUT2D eigenvalue weighted by atomic mass is 32.2. The van der Waals surface area contributed by atoms with E-state index in [0.29, 0.717) is 5.56 Å². The molecule has 118 valence electrons. The van der Waals surface area contributed by atoms with Crippen LogP contribution >= 0.6 is 0 Å². The smallest absolute Gasteiger partial charge is 0.520 e. The second-order valence-electron chi connectivity index (χ2n) is 4.50. The number of alkyl halides is 3. The summed E-state index contributed by atoms with van der Waals surface area (Å²) in [6.07, 6.45) is 1.54. The predicted octanol–water partition coefficient (Wildman–Crippen LogP) is 3.63. The van der Waals surface area contributed by atoms with Crippen molar-refractivity contribution in [3.63, 3.8) is 0 Å². The van der Waals surface area contributed by atoms with E-state index in [9.17, 15) is 21.6 Å². The van der Waals surface area contributed by atoms with E-state index in [-0.39, 0.29) is 5.76 Å². The molecule has 1 aromatic rings.